The monoisotopic (exact) mass is 259 g/mol. The Bertz CT molecular complexity index is 547. The largest absolute Gasteiger partial charge is 0.508 e. The minimum absolute atomic E-state index is 0.258. The minimum Gasteiger partial charge on any atom is -0.508 e. The number of phenolic OH excluding ortho intramolecular Hbond substituents is 1. The highest BCUT2D eigenvalue weighted by Gasteiger charge is 2.16. The molecule has 1 aliphatic rings. The molecule has 1 aliphatic heterocycles. The Hall–Kier alpha value is -2.04. The van der Waals surface area contributed by atoms with Gasteiger partial charge in [-0.3, -0.25) is 0 Å². The fraction of sp³-hybridized carbons (Fsp3) is 0.429. The van der Waals surface area contributed by atoms with Crippen LogP contribution < -0.4 is 4.90 Å². The molecule has 0 atom stereocenters. The second kappa shape index (κ2) is 5.30. The van der Waals surface area contributed by atoms with Crippen molar-refractivity contribution in [3.05, 3.63) is 35.7 Å². The third kappa shape index (κ3) is 2.86. The summed E-state index contributed by atoms with van der Waals surface area (Å²) >= 11 is 0. The lowest BCUT2D eigenvalue weighted by Gasteiger charge is -2.24. The summed E-state index contributed by atoms with van der Waals surface area (Å²) in [4.78, 5) is 6.59. The molecule has 1 aromatic carbocycles. The van der Waals surface area contributed by atoms with Gasteiger partial charge in [-0.1, -0.05) is 12.1 Å². The molecular weight excluding hydrogens is 242 g/mol. The molecule has 0 radical (unpaired) electrons. The van der Waals surface area contributed by atoms with E-state index >= 15 is 0 Å². The van der Waals surface area contributed by atoms with Crippen LogP contribution in [0.25, 0.3) is 0 Å². The second-order valence-electron chi connectivity index (χ2n) is 4.88. The molecule has 3 rings (SSSR count). The van der Waals surface area contributed by atoms with Crippen LogP contribution in [0.5, 0.6) is 5.75 Å². The number of benzene rings is 1. The molecule has 1 aromatic heterocycles. The lowest BCUT2D eigenvalue weighted by molar-refractivity contribution is 0.382. The fourth-order valence-electron chi connectivity index (χ4n) is 2.38. The van der Waals surface area contributed by atoms with Crippen LogP contribution in [-0.4, -0.2) is 28.3 Å². The van der Waals surface area contributed by atoms with Crippen LogP contribution in [0.1, 0.15) is 30.7 Å². The molecule has 0 spiro atoms. The number of nitrogens with zero attached hydrogens (tertiary/aromatic N) is 3. The molecule has 0 bridgehead atoms. The molecule has 0 aliphatic carbocycles. The van der Waals surface area contributed by atoms with E-state index in [4.69, 9.17) is 4.52 Å². The molecule has 1 fully saturated rings. The summed E-state index contributed by atoms with van der Waals surface area (Å²) < 4.78 is 5.28. The smallest absolute Gasteiger partial charge is 0.266 e. The van der Waals surface area contributed by atoms with Crippen molar-refractivity contribution >= 4 is 5.95 Å². The Morgan fingerprint density at radius 3 is 2.84 bits per heavy atom. The number of anilines is 1. The maximum atomic E-state index is 9.43. The third-order valence-corrected chi connectivity index (χ3v) is 3.36. The van der Waals surface area contributed by atoms with Gasteiger partial charge < -0.3 is 14.5 Å². The predicted octanol–water partition coefficient (Wildman–Crippen LogP) is 2.36. The molecule has 2 heterocycles. The number of hydrogen-bond donors (Lipinski definition) is 1. The van der Waals surface area contributed by atoms with E-state index in [1.807, 2.05) is 12.1 Å². The average molecular weight is 259 g/mol. The minimum atomic E-state index is 0.258. The first-order chi connectivity index (χ1) is 9.31. The van der Waals surface area contributed by atoms with Gasteiger partial charge in [0.05, 0.1) is 6.42 Å². The summed E-state index contributed by atoms with van der Waals surface area (Å²) in [5.41, 5.74) is 0.967. The lowest BCUT2D eigenvalue weighted by atomic mass is 10.1. The van der Waals surface area contributed by atoms with Crippen molar-refractivity contribution in [1.82, 2.24) is 10.1 Å². The molecule has 2 aromatic rings. The standard InChI is InChI=1S/C14H17N3O2/c18-12-6-4-5-11(9-12)10-13-15-14(16-19-13)17-7-2-1-3-8-17/h4-6,9,18H,1-3,7-8,10H2. The van der Waals surface area contributed by atoms with E-state index in [2.05, 4.69) is 15.0 Å². The Kier molecular flexibility index (Phi) is 3.35. The summed E-state index contributed by atoms with van der Waals surface area (Å²) in [7, 11) is 0. The van der Waals surface area contributed by atoms with Crippen molar-refractivity contribution in [3.63, 3.8) is 0 Å². The topological polar surface area (TPSA) is 62.4 Å². The van der Waals surface area contributed by atoms with Crippen LogP contribution in [0, 0.1) is 0 Å². The van der Waals surface area contributed by atoms with Crippen molar-refractivity contribution in [2.75, 3.05) is 18.0 Å². The first-order valence-electron chi connectivity index (χ1n) is 6.67. The molecule has 0 saturated carbocycles. The zero-order valence-electron chi connectivity index (χ0n) is 10.7. The molecule has 5 nitrogen and oxygen atoms in total. The van der Waals surface area contributed by atoms with Gasteiger partial charge in [-0.2, -0.15) is 4.98 Å². The Morgan fingerprint density at radius 2 is 2.05 bits per heavy atom. The molecular formula is C14H17N3O2. The van der Waals surface area contributed by atoms with Gasteiger partial charge in [0.1, 0.15) is 5.75 Å². The van der Waals surface area contributed by atoms with Crippen LogP contribution in [-0.2, 0) is 6.42 Å². The van der Waals surface area contributed by atoms with Gasteiger partial charge >= 0.3 is 0 Å². The van der Waals surface area contributed by atoms with E-state index in [9.17, 15) is 5.11 Å². The van der Waals surface area contributed by atoms with E-state index in [1.165, 1.54) is 19.3 Å². The molecule has 0 unspecified atom stereocenters. The quantitative estimate of drug-likeness (QED) is 0.916. The van der Waals surface area contributed by atoms with Crippen molar-refractivity contribution < 1.29 is 9.63 Å². The summed E-state index contributed by atoms with van der Waals surface area (Å²) in [5, 5.41) is 13.5. The van der Waals surface area contributed by atoms with Gasteiger partial charge in [0.25, 0.3) is 5.95 Å². The van der Waals surface area contributed by atoms with Crippen LogP contribution in [0.3, 0.4) is 0 Å². The molecule has 0 amide bonds. The number of aromatic hydroxyl groups is 1. The molecule has 1 saturated heterocycles. The maximum Gasteiger partial charge on any atom is 0.266 e. The molecule has 5 heteroatoms. The van der Waals surface area contributed by atoms with Gasteiger partial charge in [-0.15, -0.1) is 0 Å². The highest BCUT2D eigenvalue weighted by atomic mass is 16.5. The normalized spacial score (nSPS) is 15.7. The van der Waals surface area contributed by atoms with Gasteiger partial charge in [-0.25, -0.2) is 0 Å². The number of hydrogen-bond acceptors (Lipinski definition) is 5. The summed E-state index contributed by atoms with van der Waals surface area (Å²) in [6.45, 7) is 2.01. The number of aromatic nitrogens is 2. The molecule has 19 heavy (non-hydrogen) atoms. The van der Waals surface area contributed by atoms with E-state index in [0.717, 1.165) is 18.7 Å². The zero-order chi connectivity index (χ0) is 13.1. The van der Waals surface area contributed by atoms with E-state index in [0.29, 0.717) is 18.3 Å². The van der Waals surface area contributed by atoms with Crippen LogP contribution in [0.2, 0.25) is 0 Å². The highest BCUT2D eigenvalue weighted by Crippen LogP contribution is 2.18. The highest BCUT2D eigenvalue weighted by molar-refractivity contribution is 5.31. The van der Waals surface area contributed by atoms with Crippen molar-refractivity contribution in [2.45, 2.75) is 25.7 Å². The van der Waals surface area contributed by atoms with Crippen molar-refractivity contribution in [3.8, 4) is 5.75 Å². The summed E-state index contributed by atoms with van der Waals surface area (Å²) in [6.07, 6.45) is 4.21. The van der Waals surface area contributed by atoms with E-state index in [-0.39, 0.29) is 5.75 Å². The molecule has 1 N–H and O–H groups in total. The van der Waals surface area contributed by atoms with Crippen LogP contribution >= 0.6 is 0 Å². The van der Waals surface area contributed by atoms with Gasteiger partial charge in [0.15, 0.2) is 0 Å². The first kappa shape index (κ1) is 12.0. The van der Waals surface area contributed by atoms with E-state index < -0.39 is 0 Å². The predicted molar refractivity (Wildman–Crippen MR) is 71.3 cm³/mol. The van der Waals surface area contributed by atoms with Crippen molar-refractivity contribution in [2.24, 2.45) is 0 Å². The average Bonchev–Trinajstić information content (AvgIpc) is 2.88. The maximum absolute atomic E-state index is 9.43. The van der Waals surface area contributed by atoms with Crippen LogP contribution in [0.15, 0.2) is 28.8 Å². The summed E-state index contributed by atoms with van der Waals surface area (Å²) in [6, 6.07) is 7.11. The van der Waals surface area contributed by atoms with Crippen LogP contribution in [0.4, 0.5) is 5.95 Å². The van der Waals surface area contributed by atoms with Gasteiger partial charge in [0.2, 0.25) is 5.89 Å². The number of rotatable bonds is 3. The SMILES string of the molecule is Oc1cccc(Cc2nc(N3CCCCC3)no2)c1. The third-order valence-electron chi connectivity index (χ3n) is 3.36. The van der Waals surface area contributed by atoms with E-state index in [1.54, 1.807) is 12.1 Å². The number of piperidine rings is 1. The Morgan fingerprint density at radius 1 is 1.21 bits per heavy atom. The first-order valence-corrected chi connectivity index (χ1v) is 6.67. The summed E-state index contributed by atoms with van der Waals surface area (Å²) in [5.74, 6) is 1.54. The number of phenols is 1. The van der Waals surface area contributed by atoms with Gasteiger partial charge in [0, 0.05) is 13.1 Å². The molecule has 100 valence electrons. The van der Waals surface area contributed by atoms with Crippen molar-refractivity contribution in [1.29, 1.82) is 0 Å². The Labute approximate surface area is 111 Å². The zero-order valence-corrected chi connectivity index (χ0v) is 10.7. The van der Waals surface area contributed by atoms with Gasteiger partial charge in [-0.05, 0) is 42.1 Å². The second-order valence-corrected chi connectivity index (χ2v) is 4.88. The fourth-order valence-corrected chi connectivity index (χ4v) is 2.38. The lowest BCUT2D eigenvalue weighted by Crippen LogP contribution is -2.30. The Balaban J connectivity index is 1.70.